The minimum Gasteiger partial charge on any atom is -0.311 e. The molecule has 0 amide bonds. The molecular weight excluding hydrogens is 935 g/mol. The third kappa shape index (κ3) is 6.54. The number of aromatic nitrogens is 4. The largest absolute Gasteiger partial charge is 0.311 e. The Bertz CT molecular complexity index is 4830. The van der Waals surface area contributed by atoms with Gasteiger partial charge in [-0.3, -0.25) is 0 Å². The van der Waals surface area contributed by atoms with Crippen LogP contribution in [0, 0.1) is 0 Å². The number of rotatable bonds is 8. The summed E-state index contributed by atoms with van der Waals surface area (Å²) in [5, 5.41) is 9.88. The maximum Gasteiger partial charge on any atom is 0.0641 e. The molecule has 4 heterocycles. The molecule has 0 N–H and O–H groups in total. The molecule has 16 aromatic rings. The fraction of sp³-hybridized carbons (Fsp3) is 0. The van der Waals surface area contributed by atoms with Crippen LogP contribution in [0.3, 0.4) is 0 Å². The number of hydrogen-bond acceptors (Lipinski definition) is 1. The standard InChI is InChI=1S/C72H47N5/c1-4-18-50(19-5-1)73(51-20-6-2-7-21-51)53-36-32-48(33-37-53)49-34-38-54(39-35-49)75-65-30-16-12-26-61(65)69-67(75)46-44-59-60-45-47-68-70(72(60)77(71(59)69)52-22-8-3-9-23-52)62-27-13-17-31-66(62)76(68)56-42-40-55(41-43-56)74-63-28-14-10-24-57(63)58-25-11-15-29-64(58)74/h1-47H. The van der Waals surface area contributed by atoms with Gasteiger partial charge in [0.2, 0.25) is 0 Å². The highest BCUT2D eigenvalue weighted by molar-refractivity contribution is 6.31. The van der Waals surface area contributed by atoms with Crippen LogP contribution in [0.5, 0.6) is 0 Å². The fourth-order valence-electron chi connectivity index (χ4n) is 12.6. The lowest BCUT2D eigenvalue weighted by Gasteiger charge is -2.25. The Morgan fingerprint density at radius 2 is 0.506 bits per heavy atom. The van der Waals surface area contributed by atoms with Gasteiger partial charge in [0.15, 0.2) is 0 Å². The average molecular weight is 982 g/mol. The van der Waals surface area contributed by atoms with E-state index in [1.54, 1.807) is 0 Å². The van der Waals surface area contributed by atoms with Crippen molar-refractivity contribution in [3.63, 3.8) is 0 Å². The third-order valence-corrected chi connectivity index (χ3v) is 15.9. The Kier molecular flexibility index (Phi) is 9.57. The zero-order chi connectivity index (χ0) is 50.6. The topological polar surface area (TPSA) is 23.0 Å². The first-order valence-corrected chi connectivity index (χ1v) is 26.4. The van der Waals surface area contributed by atoms with Crippen molar-refractivity contribution in [3.8, 4) is 33.9 Å². The summed E-state index contributed by atoms with van der Waals surface area (Å²) in [5.74, 6) is 0. The van der Waals surface area contributed by atoms with Gasteiger partial charge in [0.05, 0.1) is 44.1 Å². The van der Waals surface area contributed by atoms with Gasteiger partial charge in [-0.25, -0.2) is 0 Å². The number of anilines is 3. The van der Waals surface area contributed by atoms with Gasteiger partial charge in [0.1, 0.15) is 0 Å². The summed E-state index contributed by atoms with van der Waals surface area (Å²) in [7, 11) is 0. The van der Waals surface area contributed by atoms with Crippen molar-refractivity contribution in [2.75, 3.05) is 4.90 Å². The van der Waals surface area contributed by atoms with E-state index in [2.05, 4.69) is 308 Å². The van der Waals surface area contributed by atoms with Gasteiger partial charge in [-0.2, -0.15) is 0 Å². The zero-order valence-electron chi connectivity index (χ0n) is 41.9. The predicted octanol–water partition coefficient (Wildman–Crippen LogP) is 19.2. The first-order valence-electron chi connectivity index (χ1n) is 26.4. The number of benzene rings is 12. The first-order chi connectivity index (χ1) is 38.2. The van der Waals surface area contributed by atoms with Gasteiger partial charge in [0.25, 0.3) is 0 Å². The van der Waals surface area contributed by atoms with Gasteiger partial charge < -0.3 is 23.2 Å². The second-order valence-electron chi connectivity index (χ2n) is 20.1. The smallest absolute Gasteiger partial charge is 0.0641 e. The van der Waals surface area contributed by atoms with Gasteiger partial charge in [-0.1, -0.05) is 164 Å². The highest BCUT2D eigenvalue weighted by Gasteiger charge is 2.25. The molecule has 360 valence electrons. The van der Waals surface area contributed by atoms with Crippen LogP contribution >= 0.6 is 0 Å². The van der Waals surface area contributed by atoms with E-state index in [0.717, 1.165) is 39.8 Å². The van der Waals surface area contributed by atoms with Crippen molar-refractivity contribution >= 4 is 104 Å². The van der Waals surface area contributed by atoms with Gasteiger partial charge in [0, 0.05) is 82.9 Å². The Morgan fingerprint density at radius 3 is 0.948 bits per heavy atom. The molecule has 0 saturated carbocycles. The van der Waals surface area contributed by atoms with Crippen molar-refractivity contribution in [1.82, 2.24) is 18.3 Å². The second-order valence-corrected chi connectivity index (χ2v) is 20.1. The monoisotopic (exact) mass is 981 g/mol. The SMILES string of the molecule is c1ccc(N(c2ccccc2)c2ccc(-c3ccc(-n4c5ccccc5c5c4ccc4c6ccc7c(c8ccccc8n7-c7ccc(-n8c9ccccc9c9ccccc98)cc7)c6n(-c6ccccc6)c45)cc3)cc2)cc1. The lowest BCUT2D eigenvalue weighted by molar-refractivity contribution is 1.14. The molecule has 0 aliphatic rings. The quantitative estimate of drug-likeness (QED) is 0.149. The van der Waals surface area contributed by atoms with Crippen molar-refractivity contribution < 1.29 is 0 Å². The molecule has 0 saturated heterocycles. The van der Waals surface area contributed by atoms with E-state index in [1.807, 2.05) is 0 Å². The minimum absolute atomic E-state index is 1.11. The maximum atomic E-state index is 2.55. The van der Waals surface area contributed by atoms with E-state index < -0.39 is 0 Å². The van der Waals surface area contributed by atoms with Crippen LogP contribution < -0.4 is 4.90 Å². The predicted molar refractivity (Wildman–Crippen MR) is 324 cm³/mol. The van der Waals surface area contributed by atoms with E-state index in [-0.39, 0.29) is 0 Å². The van der Waals surface area contributed by atoms with Crippen LogP contribution in [0.25, 0.3) is 121 Å². The molecule has 0 aliphatic carbocycles. The Morgan fingerprint density at radius 1 is 0.195 bits per heavy atom. The summed E-state index contributed by atoms with van der Waals surface area (Å²) in [6.45, 7) is 0. The van der Waals surface area contributed by atoms with Crippen LogP contribution in [0.4, 0.5) is 17.1 Å². The summed E-state index contributed by atoms with van der Waals surface area (Å²) in [5.41, 5.74) is 19.7. The van der Waals surface area contributed by atoms with Gasteiger partial charge >= 0.3 is 0 Å². The summed E-state index contributed by atoms with van der Waals surface area (Å²) in [6, 6.07) is 104. The van der Waals surface area contributed by atoms with E-state index in [9.17, 15) is 0 Å². The third-order valence-electron chi connectivity index (χ3n) is 15.9. The summed E-state index contributed by atoms with van der Waals surface area (Å²) in [4.78, 5) is 2.30. The van der Waals surface area contributed by atoms with Crippen molar-refractivity contribution in [2.24, 2.45) is 0 Å². The fourth-order valence-corrected chi connectivity index (χ4v) is 12.6. The molecule has 5 heteroatoms. The van der Waals surface area contributed by atoms with Crippen LogP contribution in [-0.4, -0.2) is 18.3 Å². The van der Waals surface area contributed by atoms with Crippen molar-refractivity contribution in [1.29, 1.82) is 0 Å². The Balaban J connectivity index is 0.857. The molecule has 16 rings (SSSR count). The highest BCUT2D eigenvalue weighted by atomic mass is 15.1. The first kappa shape index (κ1) is 43.1. The van der Waals surface area contributed by atoms with Crippen molar-refractivity contribution in [3.05, 3.63) is 285 Å². The molecule has 0 unspecified atom stereocenters. The second kappa shape index (κ2) is 17.1. The van der Waals surface area contributed by atoms with Crippen LogP contribution in [0.1, 0.15) is 0 Å². The number of fused-ring (bicyclic) bond motifs is 14. The molecule has 77 heavy (non-hydrogen) atoms. The molecule has 5 nitrogen and oxygen atoms in total. The molecule has 4 aromatic heterocycles. The normalized spacial score (nSPS) is 11.9. The Labute approximate surface area is 444 Å². The van der Waals surface area contributed by atoms with E-state index in [4.69, 9.17) is 0 Å². The molecule has 0 spiro atoms. The molecule has 0 aliphatic heterocycles. The van der Waals surface area contributed by atoms with E-state index in [1.165, 1.54) is 98.4 Å². The maximum absolute atomic E-state index is 2.55. The molecule has 12 aromatic carbocycles. The van der Waals surface area contributed by atoms with Gasteiger partial charge in [-0.05, 0) is 132 Å². The average Bonchev–Trinajstić information content (AvgIpc) is 4.29. The van der Waals surface area contributed by atoms with E-state index in [0.29, 0.717) is 0 Å². The van der Waals surface area contributed by atoms with Gasteiger partial charge in [-0.15, -0.1) is 0 Å². The zero-order valence-corrected chi connectivity index (χ0v) is 41.9. The van der Waals surface area contributed by atoms with E-state index >= 15 is 0 Å². The van der Waals surface area contributed by atoms with Crippen LogP contribution in [0.15, 0.2) is 285 Å². The molecular formula is C72H47N5. The number of nitrogens with zero attached hydrogens (tertiary/aromatic N) is 5. The van der Waals surface area contributed by atoms with Crippen molar-refractivity contribution in [2.45, 2.75) is 0 Å². The number of hydrogen-bond donors (Lipinski definition) is 0. The summed E-state index contributed by atoms with van der Waals surface area (Å²) < 4.78 is 9.85. The highest BCUT2D eigenvalue weighted by Crippen LogP contribution is 2.47. The minimum atomic E-state index is 1.11. The molecule has 0 atom stereocenters. The summed E-state index contributed by atoms with van der Waals surface area (Å²) in [6.07, 6.45) is 0. The molecule has 0 radical (unpaired) electrons. The molecule has 0 bridgehead atoms. The lowest BCUT2D eigenvalue weighted by atomic mass is 10.0. The number of para-hydroxylation sites is 7. The van der Waals surface area contributed by atoms with Crippen LogP contribution in [0.2, 0.25) is 0 Å². The Hall–Kier alpha value is -10.4. The molecule has 0 fully saturated rings. The summed E-state index contributed by atoms with van der Waals surface area (Å²) >= 11 is 0. The lowest BCUT2D eigenvalue weighted by Crippen LogP contribution is -2.09. The van der Waals surface area contributed by atoms with Crippen LogP contribution in [-0.2, 0) is 0 Å².